The molecule has 0 aliphatic carbocycles. The van der Waals surface area contributed by atoms with E-state index in [0.29, 0.717) is 29.6 Å². The van der Waals surface area contributed by atoms with E-state index < -0.39 is 0 Å². The summed E-state index contributed by atoms with van der Waals surface area (Å²) in [6.45, 7) is 8.88. The van der Waals surface area contributed by atoms with Crippen LogP contribution in [0.25, 0.3) is 0 Å². The predicted octanol–water partition coefficient (Wildman–Crippen LogP) is 3.50. The van der Waals surface area contributed by atoms with Gasteiger partial charge in [0.2, 0.25) is 5.91 Å². The van der Waals surface area contributed by atoms with Gasteiger partial charge >= 0.3 is 0 Å². The number of carbonyl (C=O) groups is 2. The van der Waals surface area contributed by atoms with Gasteiger partial charge in [0, 0.05) is 24.3 Å². The summed E-state index contributed by atoms with van der Waals surface area (Å²) in [7, 11) is 0. The summed E-state index contributed by atoms with van der Waals surface area (Å²) in [6, 6.07) is 6.98. The average molecular weight is 361 g/mol. The molecule has 0 saturated heterocycles. The van der Waals surface area contributed by atoms with Gasteiger partial charge < -0.3 is 14.6 Å². The molecule has 1 heterocycles. The Kier molecular flexibility index (Phi) is 6.64. The van der Waals surface area contributed by atoms with Gasteiger partial charge in [0.25, 0.3) is 11.1 Å². The van der Waals surface area contributed by atoms with Crippen LogP contribution in [0, 0.1) is 13.8 Å². The summed E-state index contributed by atoms with van der Waals surface area (Å²) in [5.74, 6) is 0.728. The van der Waals surface area contributed by atoms with Crippen LogP contribution in [-0.4, -0.2) is 40.5 Å². The van der Waals surface area contributed by atoms with Crippen molar-refractivity contribution in [2.45, 2.75) is 32.9 Å². The van der Waals surface area contributed by atoms with E-state index >= 15 is 0 Å². The highest BCUT2D eigenvalue weighted by Crippen LogP contribution is 2.20. The number of benzene rings is 1. The third-order valence-corrected chi connectivity index (χ3v) is 4.61. The molecule has 0 unspecified atom stereocenters. The minimum atomic E-state index is -0.175. The standard InChI is InChI=1S/C18H23N3O3S/c1-5-21(6-2)17(23)14-8-7-9-15(10-14)20-16(22)11-25-18-19-12(3)13(4)24-18/h7-10H,5-6,11H2,1-4H3,(H,20,22). The fourth-order valence-electron chi connectivity index (χ4n) is 2.25. The number of hydrogen-bond donors (Lipinski definition) is 1. The molecule has 1 aromatic heterocycles. The van der Waals surface area contributed by atoms with E-state index in [4.69, 9.17) is 4.42 Å². The van der Waals surface area contributed by atoms with Crippen molar-refractivity contribution in [2.24, 2.45) is 0 Å². The van der Waals surface area contributed by atoms with E-state index in [1.54, 1.807) is 29.2 Å². The highest BCUT2D eigenvalue weighted by Gasteiger charge is 2.14. The van der Waals surface area contributed by atoms with Crippen LogP contribution in [0.3, 0.4) is 0 Å². The van der Waals surface area contributed by atoms with Crippen LogP contribution in [0.2, 0.25) is 0 Å². The van der Waals surface area contributed by atoms with Crippen LogP contribution in [-0.2, 0) is 4.79 Å². The lowest BCUT2D eigenvalue weighted by Gasteiger charge is -2.19. The van der Waals surface area contributed by atoms with Gasteiger partial charge in [0.15, 0.2) is 0 Å². The Bertz CT molecular complexity index is 734. The fourth-order valence-corrected chi connectivity index (χ4v) is 2.96. The zero-order valence-corrected chi connectivity index (χ0v) is 15.8. The number of nitrogens with zero attached hydrogens (tertiary/aromatic N) is 2. The van der Waals surface area contributed by atoms with E-state index in [2.05, 4.69) is 10.3 Å². The molecule has 0 radical (unpaired) electrons. The van der Waals surface area contributed by atoms with Gasteiger partial charge in [-0.3, -0.25) is 9.59 Å². The molecule has 0 fully saturated rings. The van der Waals surface area contributed by atoms with Gasteiger partial charge in [0.05, 0.1) is 11.4 Å². The van der Waals surface area contributed by atoms with E-state index in [1.807, 2.05) is 27.7 Å². The third kappa shape index (κ3) is 5.09. The smallest absolute Gasteiger partial charge is 0.256 e. The lowest BCUT2D eigenvalue weighted by atomic mass is 10.1. The van der Waals surface area contributed by atoms with Gasteiger partial charge in [0.1, 0.15) is 5.76 Å². The number of anilines is 1. The first-order valence-corrected chi connectivity index (χ1v) is 9.19. The third-order valence-electron chi connectivity index (χ3n) is 3.78. The molecular weight excluding hydrogens is 338 g/mol. The molecule has 1 N–H and O–H groups in total. The molecule has 0 saturated carbocycles. The number of amides is 2. The maximum Gasteiger partial charge on any atom is 0.256 e. The summed E-state index contributed by atoms with van der Waals surface area (Å²) in [6.07, 6.45) is 0. The maximum atomic E-state index is 12.4. The van der Waals surface area contributed by atoms with Crippen molar-refractivity contribution in [3.8, 4) is 0 Å². The molecule has 0 aliphatic rings. The van der Waals surface area contributed by atoms with Crippen LogP contribution in [0.15, 0.2) is 33.9 Å². The Morgan fingerprint density at radius 1 is 1.24 bits per heavy atom. The molecule has 25 heavy (non-hydrogen) atoms. The van der Waals surface area contributed by atoms with Gasteiger partial charge in [-0.1, -0.05) is 17.8 Å². The molecule has 2 rings (SSSR count). The lowest BCUT2D eigenvalue weighted by Crippen LogP contribution is -2.30. The molecule has 0 bridgehead atoms. The summed E-state index contributed by atoms with van der Waals surface area (Å²) in [4.78, 5) is 30.5. The second kappa shape index (κ2) is 8.71. The number of carbonyl (C=O) groups excluding carboxylic acids is 2. The number of nitrogens with one attached hydrogen (secondary N) is 1. The monoisotopic (exact) mass is 361 g/mol. The first kappa shape index (κ1) is 19.1. The van der Waals surface area contributed by atoms with E-state index in [9.17, 15) is 9.59 Å². The number of hydrogen-bond acceptors (Lipinski definition) is 5. The SMILES string of the molecule is CCN(CC)C(=O)c1cccc(NC(=O)CSc2nc(C)c(C)o2)c1. The Labute approximate surface area is 152 Å². The minimum absolute atomic E-state index is 0.0405. The molecule has 0 atom stereocenters. The largest absolute Gasteiger partial charge is 0.437 e. The fraction of sp³-hybridized carbons (Fsp3) is 0.389. The Balaban J connectivity index is 1.96. The Morgan fingerprint density at radius 3 is 2.56 bits per heavy atom. The maximum absolute atomic E-state index is 12.4. The Morgan fingerprint density at radius 2 is 1.96 bits per heavy atom. The summed E-state index contributed by atoms with van der Waals surface area (Å²) < 4.78 is 5.44. The zero-order valence-electron chi connectivity index (χ0n) is 15.0. The molecule has 0 spiro atoms. The Hall–Kier alpha value is -2.28. The first-order chi connectivity index (χ1) is 11.9. The summed E-state index contributed by atoms with van der Waals surface area (Å²) >= 11 is 1.24. The second-order valence-corrected chi connectivity index (χ2v) is 6.44. The molecule has 1 aromatic carbocycles. The molecule has 6 nitrogen and oxygen atoms in total. The highest BCUT2D eigenvalue weighted by atomic mass is 32.2. The zero-order chi connectivity index (χ0) is 18.4. The predicted molar refractivity (Wildman–Crippen MR) is 99.0 cm³/mol. The van der Waals surface area contributed by atoms with E-state index in [-0.39, 0.29) is 17.6 Å². The van der Waals surface area contributed by atoms with Crippen LogP contribution in [0.4, 0.5) is 5.69 Å². The van der Waals surface area contributed by atoms with Crippen molar-refractivity contribution >= 4 is 29.3 Å². The molecule has 0 aliphatic heterocycles. The van der Waals surface area contributed by atoms with Gasteiger partial charge in [-0.15, -0.1) is 0 Å². The second-order valence-electron chi connectivity index (χ2n) is 5.52. The number of rotatable bonds is 7. The van der Waals surface area contributed by atoms with Crippen molar-refractivity contribution < 1.29 is 14.0 Å². The number of oxazole rings is 1. The van der Waals surface area contributed by atoms with Crippen molar-refractivity contribution in [3.05, 3.63) is 41.3 Å². The number of thioether (sulfide) groups is 1. The highest BCUT2D eigenvalue weighted by molar-refractivity contribution is 7.99. The lowest BCUT2D eigenvalue weighted by molar-refractivity contribution is -0.113. The average Bonchev–Trinajstić information content (AvgIpc) is 2.92. The van der Waals surface area contributed by atoms with Crippen LogP contribution in [0.1, 0.15) is 35.7 Å². The minimum Gasteiger partial charge on any atom is -0.437 e. The topological polar surface area (TPSA) is 75.4 Å². The van der Waals surface area contributed by atoms with Crippen LogP contribution in [0.5, 0.6) is 0 Å². The number of aromatic nitrogens is 1. The van der Waals surface area contributed by atoms with Gasteiger partial charge in [-0.05, 0) is 45.9 Å². The summed E-state index contributed by atoms with van der Waals surface area (Å²) in [5, 5.41) is 3.29. The van der Waals surface area contributed by atoms with Crippen molar-refractivity contribution in [1.29, 1.82) is 0 Å². The number of aryl methyl sites for hydroxylation is 2. The van der Waals surface area contributed by atoms with Crippen LogP contribution >= 0.6 is 11.8 Å². The first-order valence-electron chi connectivity index (χ1n) is 8.20. The summed E-state index contributed by atoms with van der Waals surface area (Å²) in [5.41, 5.74) is 1.99. The molecule has 134 valence electrons. The van der Waals surface area contributed by atoms with Gasteiger partial charge in [-0.25, -0.2) is 4.98 Å². The van der Waals surface area contributed by atoms with Crippen molar-refractivity contribution in [2.75, 3.05) is 24.2 Å². The van der Waals surface area contributed by atoms with Gasteiger partial charge in [-0.2, -0.15) is 0 Å². The van der Waals surface area contributed by atoms with E-state index in [0.717, 1.165) is 11.5 Å². The van der Waals surface area contributed by atoms with Crippen LogP contribution < -0.4 is 5.32 Å². The quantitative estimate of drug-likeness (QED) is 0.764. The van der Waals surface area contributed by atoms with Crippen molar-refractivity contribution in [3.63, 3.8) is 0 Å². The molecule has 7 heteroatoms. The molecule has 2 amide bonds. The molecular formula is C18H23N3O3S. The van der Waals surface area contributed by atoms with E-state index in [1.165, 1.54) is 11.8 Å². The van der Waals surface area contributed by atoms with Crippen molar-refractivity contribution in [1.82, 2.24) is 9.88 Å². The molecule has 2 aromatic rings. The normalized spacial score (nSPS) is 10.6.